The summed E-state index contributed by atoms with van der Waals surface area (Å²) in [5.74, 6) is -1.03. The first kappa shape index (κ1) is 15.5. The molecule has 1 N–H and O–H groups in total. The van der Waals surface area contributed by atoms with E-state index in [4.69, 9.17) is 0 Å². The second-order valence-corrected chi connectivity index (χ2v) is 6.03. The van der Waals surface area contributed by atoms with Crippen LogP contribution in [0, 0.1) is 0 Å². The van der Waals surface area contributed by atoms with E-state index in [0.29, 0.717) is 12.8 Å². The molecular formula is C18H20N2O3. The third kappa shape index (κ3) is 3.33. The molecular weight excluding hydrogens is 292 g/mol. The molecule has 120 valence electrons. The Morgan fingerprint density at radius 1 is 1.30 bits per heavy atom. The van der Waals surface area contributed by atoms with Crippen molar-refractivity contribution in [2.45, 2.75) is 44.7 Å². The summed E-state index contributed by atoms with van der Waals surface area (Å²) in [4.78, 5) is 29.6. The molecule has 23 heavy (non-hydrogen) atoms. The van der Waals surface area contributed by atoms with E-state index < -0.39 is 12.0 Å². The van der Waals surface area contributed by atoms with Crippen LogP contribution in [-0.4, -0.2) is 39.0 Å². The molecule has 0 spiro atoms. The predicted octanol–water partition coefficient (Wildman–Crippen LogP) is 2.63. The van der Waals surface area contributed by atoms with Gasteiger partial charge in [0, 0.05) is 24.0 Å². The van der Waals surface area contributed by atoms with Crippen LogP contribution >= 0.6 is 0 Å². The molecule has 0 radical (unpaired) electrons. The van der Waals surface area contributed by atoms with E-state index in [1.165, 1.54) is 0 Å². The minimum absolute atomic E-state index is 0.0803. The first-order valence-corrected chi connectivity index (χ1v) is 7.94. The Morgan fingerprint density at radius 2 is 2.04 bits per heavy atom. The molecule has 0 bridgehead atoms. The summed E-state index contributed by atoms with van der Waals surface area (Å²) in [6, 6.07) is 9.11. The number of aromatic nitrogens is 1. The SMILES string of the molecule is CC(C(=O)O)N(C(=O)CCc1ccnc2ccccc12)C1CC1. The molecule has 0 saturated heterocycles. The first-order valence-electron chi connectivity index (χ1n) is 7.94. The zero-order valence-electron chi connectivity index (χ0n) is 13.1. The standard InChI is InChI=1S/C18H20N2O3/c1-12(18(22)23)20(14-7-8-14)17(21)9-6-13-10-11-19-16-5-3-2-4-15(13)16/h2-5,10-12,14H,6-9H2,1H3,(H,22,23). The molecule has 1 unspecified atom stereocenters. The van der Waals surface area contributed by atoms with Crippen LogP contribution in [0.3, 0.4) is 0 Å². The van der Waals surface area contributed by atoms with Crippen molar-refractivity contribution < 1.29 is 14.7 Å². The van der Waals surface area contributed by atoms with Crippen LogP contribution in [-0.2, 0) is 16.0 Å². The fourth-order valence-corrected chi connectivity index (χ4v) is 2.95. The average molecular weight is 312 g/mol. The molecule has 1 heterocycles. The molecule has 1 aliphatic rings. The zero-order valence-corrected chi connectivity index (χ0v) is 13.1. The van der Waals surface area contributed by atoms with Gasteiger partial charge in [0.15, 0.2) is 0 Å². The van der Waals surface area contributed by atoms with Crippen molar-refractivity contribution in [1.29, 1.82) is 0 Å². The van der Waals surface area contributed by atoms with Gasteiger partial charge in [-0.25, -0.2) is 4.79 Å². The summed E-state index contributed by atoms with van der Waals surface area (Å²) < 4.78 is 0. The molecule has 1 aromatic carbocycles. The first-order chi connectivity index (χ1) is 11.1. The van der Waals surface area contributed by atoms with Gasteiger partial charge < -0.3 is 10.0 Å². The maximum Gasteiger partial charge on any atom is 0.326 e. The highest BCUT2D eigenvalue weighted by molar-refractivity contribution is 5.85. The summed E-state index contributed by atoms with van der Waals surface area (Å²) >= 11 is 0. The minimum Gasteiger partial charge on any atom is -0.480 e. The van der Waals surface area contributed by atoms with Crippen molar-refractivity contribution in [1.82, 2.24) is 9.88 Å². The van der Waals surface area contributed by atoms with Crippen molar-refractivity contribution in [3.8, 4) is 0 Å². The largest absolute Gasteiger partial charge is 0.480 e. The topological polar surface area (TPSA) is 70.5 Å². The molecule has 1 saturated carbocycles. The molecule has 1 aromatic heterocycles. The van der Waals surface area contributed by atoms with Gasteiger partial charge in [-0.3, -0.25) is 9.78 Å². The number of aliphatic carboxylic acids is 1. The van der Waals surface area contributed by atoms with Crippen molar-refractivity contribution in [2.75, 3.05) is 0 Å². The highest BCUT2D eigenvalue weighted by Crippen LogP contribution is 2.30. The Kier molecular flexibility index (Phi) is 4.28. The summed E-state index contributed by atoms with van der Waals surface area (Å²) in [6.45, 7) is 1.58. The maximum absolute atomic E-state index is 12.5. The Bertz CT molecular complexity index is 735. The van der Waals surface area contributed by atoms with Gasteiger partial charge in [-0.15, -0.1) is 0 Å². The van der Waals surface area contributed by atoms with Gasteiger partial charge in [0.05, 0.1) is 5.52 Å². The molecule has 5 heteroatoms. The lowest BCUT2D eigenvalue weighted by atomic mass is 10.0. The van der Waals surface area contributed by atoms with Gasteiger partial charge >= 0.3 is 5.97 Å². The van der Waals surface area contributed by atoms with Gasteiger partial charge in [-0.2, -0.15) is 0 Å². The highest BCUT2D eigenvalue weighted by atomic mass is 16.4. The second kappa shape index (κ2) is 6.36. The lowest BCUT2D eigenvalue weighted by Gasteiger charge is -2.26. The highest BCUT2D eigenvalue weighted by Gasteiger charge is 2.37. The van der Waals surface area contributed by atoms with E-state index in [-0.39, 0.29) is 11.9 Å². The average Bonchev–Trinajstić information content (AvgIpc) is 3.37. The number of fused-ring (bicyclic) bond motifs is 1. The predicted molar refractivity (Wildman–Crippen MR) is 87.0 cm³/mol. The van der Waals surface area contributed by atoms with Crippen molar-refractivity contribution in [2.24, 2.45) is 0 Å². The second-order valence-electron chi connectivity index (χ2n) is 6.03. The third-order valence-electron chi connectivity index (χ3n) is 4.35. The number of hydrogen-bond acceptors (Lipinski definition) is 3. The van der Waals surface area contributed by atoms with E-state index in [2.05, 4.69) is 4.98 Å². The van der Waals surface area contributed by atoms with E-state index in [1.54, 1.807) is 18.0 Å². The van der Waals surface area contributed by atoms with Crippen LogP contribution in [0.1, 0.15) is 31.7 Å². The van der Waals surface area contributed by atoms with E-state index in [0.717, 1.165) is 29.3 Å². The fourth-order valence-electron chi connectivity index (χ4n) is 2.95. The molecule has 5 nitrogen and oxygen atoms in total. The van der Waals surface area contributed by atoms with Gasteiger partial charge in [0.25, 0.3) is 0 Å². The van der Waals surface area contributed by atoms with Gasteiger partial charge in [0.2, 0.25) is 5.91 Å². The number of benzene rings is 1. The monoisotopic (exact) mass is 312 g/mol. The van der Waals surface area contributed by atoms with Crippen molar-refractivity contribution >= 4 is 22.8 Å². The lowest BCUT2D eigenvalue weighted by molar-refractivity contribution is -0.150. The third-order valence-corrected chi connectivity index (χ3v) is 4.35. The molecule has 1 amide bonds. The smallest absolute Gasteiger partial charge is 0.326 e. The number of carboxylic acids is 1. The Labute approximate surface area is 134 Å². The molecule has 2 aromatic rings. The number of amides is 1. The van der Waals surface area contributed by atoms with Crippen LogP contribution in [0.2, 0.25) is 0 Å². The number of hydrogen-bond donors (Lipinski definition) is 1. The van der Waals surface area contributed by atoms with E-state index in [1.807, 2.05) is 30.3 Å². The number of rotatable bonds is 6. The maximum atomic E-state index is 12.5. The number of carbonyl (C=O) groups excluding carboxylic acids is 1. The normalized spacial score (nSPS) is 15.3. The Balaban J connectivity index is 1.73. The molecule has 0 aliphatic heterocycles. The van der Waals surface area contributed by atoms with Gasteiger partial charge in [0.1, 0.15) is 6.04 Å². The van der Waals surface area contributed by atoms with Crippen LogP contribution in [0.15, 0.2) is 36.5 Å². The molecule has 1 atom stereocenters. The van der Waals surface area contributed by atoms with Crippen LogP contribution in [0.25, 0.3) is 10.9 Å². The zero-order chi connectivity index (χ0) is 16.4. The Hall–Kier alpha value is -2.43. The number of pyridine rings is 1. The molecule has 1 aliphatic carbocycles. The summed E-state index contributed by atoms with van der Waals surface area (Å²) in [7, 11) is 0. The molecule has 3 rings (SSSR count). The van der Waals surface area contributed by atoms with E-state index in [9.17, 15) is 14.7 Å². The van der Waals surface area contributed by atoms with E-state index >= 15 is 0 Å². The van der Waals surface area contributed by atoms with Crippen LogP contribution in [0.5, 0.6) is 0 Å². The quantitative estimate of drug-likeness (QED) is 0.890. The van der Waals surface area contributed by atoms with Crippen LogP contribution < -0.4 is 0 Å². The number of carbonyl (C=O) groups is 2. The Morgan fingerprint density at radius 3 is 2.74 bits per heavy atom. The summed E-state index contributed by atoms with van der Waals surface area (Å²) in [6.07, 6.45) is 4.48. The van der Waals surface area contributed by atoms with Gasteiger partial charge in [-0.05, 0) is 43.9 Å². The van der Waals surface area contributed by atoms with Gasteiger partial charge in [-0.1, -0.05) is 18.2 Å². The fraction of sp³-hybridized carbons (Fsp3) is 0.389. The number of aryl methyl sites for hydroxylation is 1. The van der Waals surface area contributed by atoms with Crippen molar-refractivity contribution in [3.63, 3.8) is 0 Å². The number of para-hydroxylation sites is 1. The minimum atomic E-state index is -0.945. The number of carboxylic acid groups (broad SMARTS) is 1. The van der Waals surface area contributed by atoms with Crippen LogP contribution in [0.4, 0.5) is 0 Å². The summed E-state index contributed by atoms with van der Waals surface area (Å²) in [5.41, 5.74) is 1.98. The lowest BCUT2D eigenvalue weighted by Crippen LogP contribution is -2.44. The summed E-state index contributed by atoms with van der Waals surface area (Å²) in [5, 5.41) is 10.3. The molecule has 1 fully saturated rings. The number of nitrogens with zero attached hydrogens (tertiary/aromatic N) is 2. The van der Waals surface area contributed by atoms with Crippen molar-refractivity contribution in [3.05, 3.63) is 42.1 Å².